The number of ether oxygens (including phenoxy) is 1. The molecule has 1 aromatic carbocycles. The molecule has 1 heterocycles. The summed E-state index contributed by atoms with van der Waals surface area (Å²) in [5, 5.41) is 3.72. The predicted octanol–water partition coefficient (Wildman–Crippen LogP) is 2.41. The number of thioether (sulfide) groups is 1. The predicted molar refractivity (Wildman–Crippen MR) is 92.5 cm³/mol. The summed E-state index contributed by atoms with van der Waals surface area (Å²) in [5.74, 6) is 1.40. The quantitative estimate of drug-likeness (QED) is 0.737. The first-order chi connectivity index (χ1) is 10.7. The first kappa shape index (κ1) is 17.6. The van der Waals surface area contributed by atoms with Gasteiger partial charge in [0.05, 0.1) is 19.0 Å². The van der Waals surface area contributed by atoms with E-state index in [1.165, 1.54) is 0 Å². The number of morpholine rings is 1. The lowest BCUT2D eigenvalue weighted by molar-refractivity contribution is -0.118. The standard InChI is InChI=1S/C16H23ClN2O2S/c17-15-4-1-3-14(11-15)12-22-13-16(20)18-5-2-6-19-7-9-21-10-8-19/h1,3-4,11H,2,5-10,12-13H2,(H,18,20). The maximum Gasteiger partial charge on any atom is 0.230 e. The van der Waals surface area contributed by atoms with Gasteiger partial charge in [-0.25, -0.2) is 0 Å². The Kier molecular flexibility index (Phi) is 8.08. The van der Waals surface area contributed by atoms with Crippen LogP contribution in [0.1, 0.15) is 12.0 Å². The van der Waals surface area contributed by atoms with Crippen molar-refractivity contribution in [1.29, 1.82) is 0 Å². The van der Waals surface area contributed by atoms with E-state index in [2.05, 4.69) is 10.2 Å². The van der Waals surface area contributed by atoms with Crippen molar-refractivity contribution in [3.63, 3.8) is 0 Å². The second-order valence-electron chi connectivity index (χ2n) is 5.28. The van der Waals surface area contributed by atoms with Gasteiger partial charge in [0.25, 0.3) is 0 Å². The molecule has 0 unspecified atom stereocenters. The van der Waals surface area contributed by atoms with Gasteiger partial charge in [0.15, 0.2) is 0 Å². The van der Waals surface area contributed by atoms with Crippen LogP contribution in [0.25, 0.3) is 0 Å². The van der Waals surface area contributed by atoms with Crippen molar-refractivity contribution in [3.05, 3.63) is 34.9 Å². The Balaban J connectivity index is 1.50. The number of nitrogens with one attached hydrogen (secondary N) is 1. The molecule has 122 valence electrons. The SMILES string of the molecule is O=C(CSCc1cccc(Cl)c1)NCCCN1CCOCC1. The van der Waals surface area contributed by atoms with Crippen molar-refractivity contribution in [2.45, 2.75) is 12.2 Å². The van der Waals surface area contributed by atoms with Crippen LogP contribution in [0.3, 0.4) is 0 Å². The lowest BCUT2D eigenvalue weighted by atomic mass is 10.2. The van der Waals surface area contributed by atoms with Crippen molar-refractivity contribution in [3.8, 4) is 0 Å². The number of hydrogen-bond acceptors (Lipinski definition) is 4. The summed E-state index contributed by atoms with van der Waals surface area (Å²) in [5.41, 5.74) is 1.15. The molecule has 1 aliphatic heterocycles. The first-order valence-electron chi connectivity index (χ1n) is 7.63. The molecule has 1 saturated heterocycles. The molecule has 1 fully saturated rings. The molecule has 0 atom stereocenters. The molecule has 0 aromatic heterocycles. The van der Waals surface area contributed by atoms with Gasteiger partial charge in [-0.1, -0.05) is 23.7 Å². The van der Waals surface area contributed by atoms with Crippen LogP contribution in [0.2, 0.25) is 5.02 Å². The average Bonchev–Trinajstić information content (AvgIpc) is 2.53. The van der Waals surface area contributed by atoms with E-state index in [0.717, 1.165) is 62.2 Å². The maximum atomic E-state index is 11.8. The van der Waals surface area contributed by atoms with E-state index in [1.807, 2.05) is 24.3 Å². The van der Waals surface area contributed by atoms with Crippen LogP contribution in [0, 0.1) is 0 Å². The van der Waals surface area contributed by atoms with E-state index in [9.17, 15) is 4.79 Å². The fourth-order valence-electron chi connectivity index (χ4n) is 2.29. The molecule has 22 heavy (non-hydrogen) atoms. The van der Waals surface area contributed by atoms with Gasteiger partial charge < -0.3 is 10.1 Å². The molecule has 1 aromatic rings. The van der Waals surface area contributed by atoms with Crippen LogP contribution in [-0.2, 0) is 15.3 Å². The molecule has 0 spiro atoms. The van der Waals surface area contributed by atoms with Gasteiger partial charge in [-0.3, -0.25) is 9.69 Å². The lowest BCUT2D eigenvalue weighted by Gasteiger charge is -2.26. The zero-order valence-electron chi connectivity index (χ0n) is 12.7. The molecule has 4 nitrogen and oxygen atoms in total. The minimum Gasteiger partial charge on any atom is -0.379 e. The number of carbonyl (C=O) groups is 1. The van der Waals surface area contributed by atoms with E-state index in [0.29, 0.717) is 5.75 Å². The maximum absolute atomic E-state index is 11.8. The Morgan fingerprint density at radius 2 is 2.18 bits per heavy atom. The van der Waals surface area contributed by atoms with E-state index < -0.39 is 0 Å². The third-order valence-electron chi connectivity index (χ3n) is 3.47. The fraction of sp³-hybridized carbons (Fsp3) is 0.562. The van der Waals surface area contributed by atoms with Crippen LogP contribution in [0.4, 0.5) is 0 Å². The zero-order chi connectivity index (χ0) is 15.6. The third-order valence-corrected chi connectivity index (χ3v) is 4.71. The minimum atomic E-state index is 0.106. The molecule has 6 heteroatoms. The number of amides is 1. The number of hydrogen-bond donors (Lipinski definition) is 1. The molecule has 0 bridgehead atoms. The number of carbonyl (C=O) groups excluding carboxylic acids is 1. The van der Waals surface area contributed by atoms with Gasteiger partial charge in [0.2, 0.25) is 5.91 Å². The van der Waals surface area contributed by atoms with Gasteiger partial charge in [-0.2, -0.15) is 0 Å². The van der Waals surface area contributed by atoms with Gasteiger partial charge in [0.1, 0.15) is 0 Å². The summed E-state index contributed by atoms with van der Waals surface area (Å²) < 4.78 is 5.31. The average molecular weight is 343 g/mol. The summed E-state index contributed by atoms with van der Waals surface area (Å²) >= 11 is 7.55. The summed E-state index contributed by atoms with van der Waals surface area (Å²) in [6.07, 6.45) is 0.991. The molecule has 0 saturated carbocycles. The Morgan fingerprint density at radius 1 is 1.36 bits per heavy atom. The zero-order valence-corrected chi connectivity index (χ0v) is 14.3. The molecule has 2 rings (SSSR count). The summed E-state index contributed by atoms with van der Waals surface area (Å²) in [7, 11) is 0. The van der Waals surface area contributed by atoms with Gasteiger partial charge in [-0.15, -0.1) is 11.8 Å². The largest absolute Gasteiger partial charge is 0.379 e. The third kappa shape index (κ3) is 7.01. The van der Waals surface area contributed by atoms with Gasteiger partial charge in [-0.05, 0) is 30.7 Å². The Bertz CT molecular complexity index is 467. The number of nitrogens with zero attached hydrogens (tertiary/aromatic N) is 1. The second kappa shape index (κ2) is 10.1. The Labute approximate surface area is 141 Å². The normalized spacial score (nSPS) is 15.7. The highest BCUT2D eigenvalue weighted by Gasteiger charge is 2.09. The molecule has 1 aliphatic rings. The number of rotatable bonds is 8. The molecular weight excluding hydrogens is 320 g/mol. The summed E-state index contributed by atoms with van der Waals surface area (Å²) in [4.78, 5) is 14.1. The highest BCUT2D eigenvalue weighted by Crippen LogP contribution is 2.16. The molecule has 1 N–H and O–H groups in total. The van der Waals surface area contributed by atoms with Crippen molar-refractivity contribution in [2.75, 3.05) is 45.1 Å². The molecule has 1 amide bonds. The van der Waals surface area contributed by atoms with Crippen LogP contribution in [0.5, 0.6) is 0 Å². The van der Waals surface area contributed by atoms with Crippen LogP contribution in [-0.4, -0.2) is 56.0 Å². The van der Waals surface area contributed by atoms with Crippen LogP contribution >= 0.6 is 23.4 Å². The minimum absolute atomic E-state index is 0.106. The van der Waals surface area contributed by atoms with E-state index in [-0.39, 0.29) is 5.91 Å². The number of halogens is 1. The second-order valence-corrected chi connectivity index (χ2v) is 6.70. The summed E-state index contributed by atoms with van der Waals surface area (Å²) in [6, 6.07) is 7.76. The van der Waals surface area contributed by atoms with Crippen molar-refractivity contribution < 1.29 is 9.53 Å². The van der Waals surface area contributed by atoms with Crippen molar-refractivity contribution >= 4 is 29.3 Å². The Morgan fingerprint density at radius 3 is 2.95 bits per heavy atom. The van der Waals surface area contributed by atoms with Crippen molar-refractivity contribution in [2.24, 2.45) is 0 Å². The van der Waals surface area contributed by atoms with E-state index in [1.54, 1.807) is 11.8 Å². The number of benzene rings is 1. The Hall–Kier alpha value is -0.750. The highest BCUT2D eigenvalue weighted by molar-refractivity contribution is 7.99. The van der Waals surface area contributed by atoms with Crippen molar-refractivity contribution in [1.82, 2.24) is 10.2 Å². The van der Waals surface area contributed by atoms with Gasteiger partial charge >= 0.3 is 0 Å². The van der Waals surface area contributed by atoms with E-state index >= 15 is 0 Å². The molecular formula is C16H23ClN2O2S. The van der Waals surface area contributed by atoms with Crippen LogP contribution < -0.4 is 5.32 Å². The first-order valence-corrected chi connectivity index (χ1v) is 9.16. The fourth-order valence-corrected chi connectivity index (χ4v) is 3.31. The van der Waals surface area contributed by atoms with Crippen LogP contribution in [0.15, 0.2) is 24.3 Å². The molecule has 0 aliphatic carbocycles. The lowest BCUT2D eigenvalue weighted by Crippen LogP contribution is -2.38. The van der Waals surface area contributed by atoms with E-state index in [4.69, 9.17) is 16.3 Å². The molecule has 0 radical (unpaired) electrons. The highest BCUT2D eigenvalue weighted by atomic mass is 35.5. The van der Waals surface area contributed by atoms with Gasteiger partial charge in [0, 0.05) is 30.4 Å². The summed E-state index contributed by atoms with van der Waals surface area (Å²) in [6.45, 7) is 5.43. The monoisotopic (exact) mass is 342 g/mol. The smallest absolute Gasteiger partial charge is 0.230 e. The topological polar surface area (TPSA) is 41.6 Å².